The molecular weight excluding hydrogens is 254 g/mol. The molecule has 2 aromatic carbocycles. The lowest BCUT2D eigenvalue weighted by molar-refractivity contribution is 0.102. The van der Waals surface area contributed by atoms with Crippen LogP contribution in [0.5, 0.6) is 11.5 Å². The zero-order valence-corrected chi connectivity index (χ0v) is 11.6. The summed E-state index contributed by atoms with van der Waals surface area (Å²) in [5, 5.41) is 2.83. The number of hydrogen-bond acceptors (Lipinski definition) is 3. The molecule has 1 amide bonds. The first-order chi connectivity index (χ1) is 9.72. The molecule has 0 atom stereocenters. The average Bonchev–Trinajstić information content (AvgIpc) is 2.49. The maximum atomic E-state index is 12.1. The van der Waals surface area contributed by atoms with Gasteiger partial charge in [-0.25, -0.2) is 0 Å². The number of carbonyl (C=O) groups is 1. The van der Waals surface area contributed by atoms with E-state index < -0.39 is 0 Å². The standard InChI is InChI=1S/C16H17NO3/c1-3-20-15-8-4-12(5-9-15)16(18)17-13-6-10-14(19-2)11-7-13/h4-11H,3H2,1-2H3,(H,17,18). The minimum atomic E-state index is -0.154. The number of anilines is 1. The van der Waals surface area contributed by atoms with Crippen LogP contribution in [0.25, 0.3) is 0 Å². The van der Waals surface area contributed by atoms with Crippen LogP contribution in [0, 0.1) is 0 Å². The van der Waals surface area contributed by atoms with Crippen molar-refractivity contribution in [3.05, 3.63) is 54.1 Å². The van der Waals surface area contributed by atoms with E-state index in [-0.39, 0.29) is 5.91 Å². The number of methoxy groups -OCH3 is 1. The summed E-state index contributed by atoms with van der Waals surface area (Å²) >= 11 is 0. The molecule has 0 unspecified atom stereocenters. The van der Waals surface area contributed by atoms with Gasteiger partial charge in [0.15, 0.2) is 0 Å². The number of ether oxygens (including phenoxy) is 2. The summed E-state index contributed by atoms with van der Waals surface area (Å²) in [5.74, 6) is 1.36. The molecule has 2 rings (SSSR count). The second-order valence-corrected chi connectivity index (χ2v) is 4.14. The first-order valence-corrected chi connectivity index (χ1v) is 6.41. The van der Waals surface area contributed by atoms with Crippen molar-refractivity contribution >= 4 is 11.6 Å². The van der Waals surface area contributed by atoms with Gasteiger partial charge in [-0.3, -0.25) is 4.79 Å². The summed E-state index contributed by atoms with van der Waals surface area (Å²) < 4.78 is 10.4. The third-order valence-corrected chi connectivity index (χ3v) is 2.78. The molecule has 4 nitrogen and oxygen atoms in total. The quantitative estimate of drug-likeness (QED) is 0.907. The molecule has 0 aliphatic rings. The second-order valence-electron chi connectivity index (χ2n) is 4.14. The predicted molar refractivity (Wildman–Crippen MR) is 78.6 cm³/mol. The fraction of sp³-hybridized carbons (Fsp3) is 0.188. The molecule has 0 spiro atoms. The zero-order chi connectivity index (χ0) is 14.4. The third-order valence-electron chi connectivity index (χ3n) is 2.78. The van der Waals surface area contributed by atoms with Gasteiger partial charge in [-0.15, -0.1) is 0 Å². The molecule has 20 heavy (non-hydrogen) atoms. The SMILES string of the molecule is CCOc1ccc(C(=O)Nc2ccc(OC)cc2)cc1. The van der Waals surface area contributed by atoms with Crippen LogP contribution < -0.4 is 14.8 Å². The summed E-state index contributed by atoms with van der Waals surface area (Å²) in [6.45, 7) is 2.53. The van der Waals surface area contributed by atoms with Crippen molar-refractivity contribution < 1.29 is 14.3 Å². The van der Waals surface area contributed by atoms with Crippen molar-refractivity contribution in [1.29, 1.82) is 0 Å². The Morgan fingerprint density at radius 3 is 2.15 bits per heavy atom. The predicted octanol–water partition coefficient (Wildman–Crippen LogP) is 3.35. The second kappa shape index (κ2) is 6.61. The first kappa shape index (κ1) is 13.9. The molecule has 0 heterocycles. The van der Waals surface area contributed by atoms with Gasteiger partial charge in [0.05, 0.1) is 13.7 Å². The molecule has 0 aromatic heterocycles. The Labute approximate surface area is 118 Å². The minimum Gasteiger partial charge on any atom is -0.497 e. The van der Waals surface area contributed by atoms with Crippen molar-refractivity contribution in [2.75, 3.05) is 19.0 Å². The lowest BCUT2D eigenvalue weighted by Gasteiger charge is -2.07. The fourth-order valence-electron chi connectivity index (χ4n) is 1.75. The van der Waals surface area contributed by atoms with E-state index in [1.54, 1.807) is 55.6 Å². The van der Waals surface area contributed by atoms with Gasteiger partial charge in [-0.1, -0.05) is 0 Å². The van der Waals surface area contributed by atoms with Gasteiger partial charge in [0.1, 0.15) is 11.5 Å². The summed E-state index contributed by atoms with van der Waals surface area (Å²) in [6.07, 6.45) is 0. The Kier molecular flexibility index (Phi) is 4.60. The summed E-state index contributed by atoms with van der Waals surface area (Å²) in [7, 11) is 1.60. The van der Waals surface area contributed by atoms with Crippen LogP contribution in [0.3, 0.4) is 0 Å². The molecule has 104 valence electrons. The van der Waals surface area contributed by atoms with Gasteiger partial charge in [0.2, 0.25) is 0 Å². The summed E-state index contributed by atoms with van der Waals surface area (Å²) in [4.78, 5) is 12.1. The van der Waals surface area contributed by atoms with E-state index in [1.807, 2.05) is 6.92 Å². The minimum absolute atomic E-state index is 0.154. The van der Waals surface area contributed by atoms with Crippen LogP contribution in [-0.2, 0) is 0 Å². The monoisotopic (exact) mass is 271 g/mol. The molecule has 1 N–H and O–H groups in total. The molecule has 0 aliphatic carbocycles. The van der Waals surface area contributed by atoms with Crippen molar-refractivity contribution in [1.82, 2.24) is 0 Å². The van der Waals surface area contributed by atoms with E-state index in [0.717, 1.165) is 17.2 Å². The van der Waals surface area contributed by atoms with E-state index in [4.69, 9.17) is 9.47 Å². The van der Waals surface area contributed by atoms with Gasteiger partial charge < -0.3 is 14.8 Å². The summed E-state index contributed by atoms with van der Waals surface area (Å²) in [5.41, 5.74) is 1.31. The van der Waals surface area contributed by atoms with Gasteiger partial charge in [-0.05, 0) is 55.5 Å². The topological polar surface area (TPSA) is 47.6 Å². The number of benzene rings is 2. The van der Waals surface area contributed by atoms with Crippen LogP contribution in [0.1, 0.15) is 17.3 Å². The van der Waals surface area contributed by atoms with Crippen molar-refractivity contribution in [3.8, 4) is 11.5 Å². The van der Waals surface area contributed by atoms with E-state index in [2.05, 4.69) is 5.32 Å². The molecular formula is C16H17NO3. The normalized spacial score (nSPS) is 9.90. The van der Waals surface area contributed by atoms with Crippen LogP contribution in [0.15, 0.2) is 48.5 Å². The van der Waals surface area contributed by atoms with Crippen molar-refractivity contribution in [2.24, 2.45) is 0 Å². The average molecular weight is 271 g/mol. The molecule has 4 heteroatoms. The summed E-state index contributed by atoms with van der Waals surface area (Å²) in [6, 6.07) is 14.2. The van der Waals surface area contributed by atoms with E-state index >= 15 is 0 Å². The van der Waals surface area contributed by atoms with E-state index in [9.17, 15) is 4.79 Å². The van der Waals surface area contributed by atoms with Crippen molar-refractivity contribution in [3.63, 3.8) is 0 Å². The smallest absolute Gasteiger partial charge is 0.255 e. The maximum Gasteiger partial charge on any atom is 0.255 e. The Morgan fingerprint density at radius 1 is 1.00 bits per heavy atom. The van der Waals surface area contributed by atoms with Crippen LogP contribution in [-0.4, -0.2) is 19.6 Å². The Morgan fingerprint density at radius 2 is 1.60 bits per heavy atom. The molecule has 2 aromatic rings. The van der Waals surface area contributed by atoms with Gasteiger partial charge in [0.25, 0.3) is 5.91 Å². The number of carbonyl (C=O) groups excluding carboxylic acids is 1. The molecule has 0 aliphatic heterocycles. The Hall–Kier alpha value is -2.49. The zero-order valence-electron chi connectivity index (χ0n) is 11.6. The van der Waals surface area contributed by atoms with E-state index in [0.29, 0.717) is 12.2 Å². The lowest BCUT2D eigenvalue weighted by Crippen LogP contribution is -2.11. The molecule has 0 saturated carbocycles. The van der Waals surface area contributed by atoms with Crippen LogP contribution in [0.4, 0.5) is 5.69 Å². The maximum absolute atomic E-state index is 12.1. The van der Waals surface area contributed by atoms with Gasteiger partial charge in [-0.2, -0.15) is 0 Å². The molecule has 0 fully saturated rings. The number of rotatable bonds is 5. The highest BCUT2D eigenvalue weighted by Crippen LogP contribution is 2.17. The van der Waals surface area contributed by atoms with Crippen LogP contribution >= 0.6 is 0 Å². The highest BCUT2D eigenvalue weighted by atomic mass is 16.5. The number of hydrogen-bond donors (Lipinski definition) is 1. The van der Waals surface area contributed by atoms with Gasteiger partial charge >= 0.3 is 0 Å². The Bertz CT molecular complexity index is 561. The first-order valence-electron chi connectivity index (χ1n) is 6.41. The highest BCUT2D eigenvalue weighted by molar-refractivity contribution is 6.04. The number of amides is 1. The van der Waals surface area contributed by atoms with Gasteiger partial charge in [0, 0.05) is 11.3 Å². The Balaban J connectivity index is 2.03. The van der Waals surface area contributed by atoms with Crippen molar-refractivity contribution in [2.45, 2.75) is 6.92 Å². The third kappa shape index (κ3) is 3.51. The van der Waals surface area contributed by atoms with E-state index in [1.165, 1.54) is 0 Å². The fourth-order valence-corrected chi connectivity index (χ4v) is 1.75. The lowest BCUT2D eigenvalue weighted by atomic mass is 10.2. The molecule has 0 saturated heterocycles. The van der Waals surface area contributed by atoms with Crippen LogP contribution in [0.2, 0.25) is 0 Å². The molecule has 0 radical (unpaired) electrons. The molecule has 0 bridgehead atoms. The largest absolute Gasteiger partial charge is 0.497 e. The number of nitrogens with one attached hydrogen (secondary N) is 1. The highest BCUT2D eigenvalue weighted by Gasteiger charge is 2.06.